The first-order chi connectivity index (χ1) is 8.70. The number of methoxy groups -OCH3 is 1. The molecule has 0 saturated heterocycles. The molecule has 0 saturated carbocycles. The number of anilines is 1. The Balaban J connectivity index is 2.12. The van der Waals surface area contributed by atoms with Crippen LogP contribution < -0.4 is 10.1 Å². The number of hydrogen-bond donors (Lipinski definition) is 1. The number of nitrogens with zero attached hydrogens (tertiary/aromatic N) is 1. The summed E-state index contributed by atoms with van der Waals surface area (Å²) in [5.41, 5.74) is 1.87. The van der Waals surface area contributed by atoms with E-state index in [-0.39, 0.29) is 0 Å². The number of benzene rings is 1. The molecule has 0 fully saturated rings. The van der Waals surface area contributed by atoms with Gasteiger partial charge in [0.25, 0.3) is 0 Å². The maximum atomic E-state index is 6.16. The van der Waals surface area contributed by atoms with Crippen molar-refractivity contribution in [1.82, 2.24) is 4.98 Å². The molecule has 2 rings (SSSR count). The Labute approximate surface area is 119 Å². The summed E-state index contributed by atoms with van der Waals surface area (Å²) >= 11 is 9.45. The van der Waals surface area contributed by atoms with Gasteiger partial charge >= 0.3 is 0 Å². The molecule has 1 N–H and O–H groups in total. The first kappa shape index (κ1) is 13.2. The van der Waals surface area contributed by atoms with Crippen LogP contribution in [0.5, 0.6) is 5.75 Å². The SMILES string of the molecule is COc1cccc(Cl)c1CNc1ccc(Br)nc1. The molecular weight excluding hydrogens is 316 g/mol. The van der Waals surface area contributed by atoms with Crippen LogP contribution in [0, 0.1) is 0 Å². The van der Waals surface area contributed by atoms with E-state index in [1.165, 1.54) is 0 Å². The van der Waals surface area contributed by atoms with Gasteiger partial charge in [-0.2, -0.15) is 0 Å². The zero-order valence-corrected chi connectivity index (χ0v) is 12.1. The van der Waals surface area contributed by atoms with Gasteiger partial charge in [-0.05, 0) is 40.2 Å². The molecule has 0 aliphatic carbocycles. The Kier molecular flexibility index (Phi) is 4.44. The van der Waals surface area contributed by atoms with Crippen LogP contribution in [0.3, 0.4) is 0 Å². The molecule has 0 atom stereocenters. The molecule has 1 heterocycles. The number of ether oxygens (including phenoxy) is 1. The van der Waals surface area contributed by atoms with Crippen molar-refractivity contribution >= 4 is 33.2 Å². The summed E-state index contributed by atoms with van der Waals surface area (Å²) in [7, 11) is 1.64. The van der Waals surface area contributed by atoms with Crippen LogP contribution in [0.25, 0.3) is 0 Å². The standard InChI is InChI=1S/C13H12BrClN2O/c1-18-12-4-2-3-11(15)10(12)8-16-9-5-6-13(14)17-7-9/h2-7,16H,8H2,1H3. The molecule has 1 aromatic carbocycles. The van der Waals surface area contributed by atoms with Crippen LogP contribution in [0.4, 0.5) is 5.69 Å². The van der Waals surface area contributed by atoms with Crippen molar-refractivity contribution in [1.29, 1.82) is 0 Å². The van der Waals surface area contributed by atoms with E-state index in [2.05, 4.69) is 26.2 Å². The van der Waals surface area contributed by atoms with Gasteiger partial charge in [-0.15, -0.1) is 0 Å². The average Bonchev–Trinajstić information content (AvgIpc) is 2.39. The van der Waals surface area contributed by atoms with Crippen molar-refractivity contribution in [2.45, 2.75) is 6.54 Å². The van der Waals surface area contributed by atoms with E-state index in [1.54, 1.807) is 13.3 Å². The zero-order valence-electron chi connectivity index (χ0n) is 9.78. The van der Waals surface area contributed by atoms with Gasteiger partial charge in [0, 0.05) is 17.1 Å². The third kappa shape index (κ3) is 3.15. The minimum Gasteiger partial charge on any atom is -0.496 e. The molecule has 0 bridgehead atoms. The number of halogens is 2. The third-order valence-electron chi connectivity index (χ3n) is 2.49. The van der Waals surface area contributed by atoms with Crippen LogP contribution in [0.15, 0.2) is 41.1 Å². The lowest BCUT2D eigenvalue weighted by Crippen LogP contribution is -2.02. The van der Waals surface area contributed by atoms with E-state index >= 15 is 0 Å². The van der Waals surface area contributed by atoms with E-state index in [9.17, 15) is 0 Å². The first-order valence-corrected chi connectivity index (χ1v) is 6.54. The van der Waals surface area contributed by atoms with Crippen LogP contribution in [-0.2, 0) is 6.54 Å². The Hall–Kier alpha value is -1.26. The van der Waals surface area contributed by atoms with Crippen LogP contribution in [-0.4, -0.2) is 12.1 Å². The second-order valence-electron chi connectivity index (χ2n) is 3.64. The fourth-order valence-electron chi connectivity index (χ4n) is 1.57. The third-order valence-corrected chi connectivity index (χ3v) is 3.32. The van der Waals surface area contributed by atoms with Gasteiger partial charge in [-0.25, -0.2) is 4.98 Å². The number of aromatic nitrogens is 1. The molecular formula is C13H12BrClN2O. The summed E-state index contributed by atoms with van der Waals surface area (Å²) in [5.74, 6) is 0.778. The molecule has 18 heavy (non-hydrogen) atoms. The summed E-state index contributed by atoms with van der Waals surface area (Å²) in [5, 5.41) is 3.94. The molecule has 5 heteroatoms. The normalized spacial score (nSPS) is 10.2. The van der Waals surface area contributed by atoms with Crippen molar-refractivity contribution in [2.24, 2.45) is 0 Å². The van der Waals surface area contributed by atoms with Crippen molar-refractivity contribution < 1.29 is 4.74 Å². The number of pyridine rings is 1. The predicted octanol–water partition coefficient (Wildman–Crippen LogP) is 4.12. The summed E-state index contributed by atoms with van der Waals surface area (Å²) in [6.07, 6.45) is 1.76. The maximum absolute atomic E-state index is 6.16. The molecule has 1 aromatic heterocycles. The van der Waals surface area contributed by atoms with E-state index < -0.39 is 0 Å². The Morgan fingerprint density at radius 3 is 2.83 bits per heavy atom. The molecule has 0 spiro atoms. The van der Waals surface area contributed by atoms with Crippen LogP contribution in [0.1, 0.15) is 5.56 Å². The molecule has 3 nitrogen and oxygen atoms in total. The minimum absolute atomic E-state index is 0.589. The van der Waals surface area contributed by atoms with E-state index in [4.69, 9.17) is 16.3 Å². The van der Waals surface area contributed by atoms with E-state index in [0.717, 1.165) is 21.6 Å². The highest BCUT2D eigenvalue weighted by Gasteiger charge is 2.07. The fraction of sp³-hybridized carbons (Fsp3) is 0.154. The number of rotatable bonds is 4. The Morgan fingerprint density at radius 1 is 1.33 bits per heavy atom. The predicted molar refractivity (Wildman–Crippen MR) is 77.3 cm³/mol. The van der Waals surface area contributed by atoms with Crippen molar-refractivity contribution in [3.05, 3.63) is 51.7 Å². The van der Waals surface area contributed by atoms with Gasteiger partial charge in [0.1, 0.15) is 10.4 Å². The minimum atomic E-state index is 0.589. The van der Waals surface area contributed by atoms with Gasteiger partial charge in [0.2, 0.25) is 0 Å². The number of nitrogens with one attached hydrogen (secondary N) is 1. The summed E-state index contributed by atoms with van der Waals surface area (Å²) < 4.78 is 6.09. The quantitative estimate of drug-likeness (QED) is 0.858. The van der Waals surface area contributed by atoms with Gasteiger partial charge < -0.3 is 10.1 Å². The lowest BCUT2D eigenvalue weighted by Gasteiger charge is -2.12. The lowest BCUT2D eigenvalue weighted by atomic mass is 10.2. The summed E-state index contributed by atoms with van der Waals surface area (Å²) in [6.45, 7) is 0.589. The summed E-state index contributed by atoms with van der Waals surface area (Å²) in [4.78, 5) is 4.15. The maximum Gasteiger partial charge on any atom is 0.125 e. The highest BCUT2D eigenvalue weighted by Crippen LogP contribution is 2.27. The van der Waals surface area contributed by atoms with Gasteiger partial charge in [0.15, 0.2) is 0 Å². The van der Waals surface area contributed by atoms with Gasteiger partial charge in [-0.1, -0.05) is 17.7 Å². The van der Waals surface area contributed by atoms with Crippen LogP contribution in [0.2, 0.25) is 5.02 Å². The Bertz CT molecular complexity index is 531. The van der Waals surface area contributed by atoms with Gasteiger partial charge in [0.05, 0.1) is 19.0 Å². The fourth-order valence-corrected chi connectivity index (χ4v) is 2.04. The van der Waals surface area contributed by atoms with E-state index in [0.29, 0.717) is 11.6 Å². The largest absolute Gasteiger partial charge is 0.496 e. The zero-order chi connectivity index (χ0) is 13.0. The molecule has 94 valence electrons. The summed E-state index contributed by atoms with van der Waals surface area (Å²) in [6, 6.07) is 9.43. The molecule has 0 aliphatic heterocycles. The average molecular weight is 328 g/mol. The molecule has 0 aliphatic rings. The number of hydrogen-bond acceptors (Lipinski definition) is 3. The smallest absolute Gasteiger partial charge is 0.125 e. The van der Waals surface area contributed by atoms with Crippen molar-refractivity contribution in [2.75, 3.05) is 12.4 Å². The molecule has 2 aromatic rings. The molecule has 0 unspecified atom stereocenters. The van der Waals surface area contributed by atoms with Crippen molar-refractivity contribution in [3.63, 3.8) is 0 Å². The van der Waals surface area contributed by atoms with Crippen LogP contribution >= 0.6 is 27.5 Å². The highest BCUT2D eigenvalue weighted by atomic mass is 79.9. The monoisotopic (exact) mass is 326 g/mol. The molecule has 0 radical (unpaired) electrons. The second kappa shape index (κ2) is 6.07. The van der Waals surface area contributed by atoms with Crippen molar-refractivity contribution in [3.8, 4) is 5.75 Å². The topological polar surface area (TPSA) is 34.1 Å². The lowest BCUT2D eigenvalue weighted by molar-refractivity contribution is 0.410. The Morgan fingerprint density at radius 2 is 2.17 bits per heavy atom. The first-order valence-electron chi connectivity index (χ1n) is 5.37. The van der Waals surface area contributed by atoms with E-state index in [1.807, 2.05) is 30.3 Å². The molecule has 0 amide bonds. The van der Waals surface area contributed by atoms with Gasteiger partial charge in [-0.3, -0.25) is 0 Å². The second-order valence-corrected chi connectivity index (χ2v) is 4.86. The highest BCUT2D eigenvalue weighted by molar-refractivity contribution is 9.10.